The van der Waals surface area contributed by atoms with E-state index in [4.69, 9.17) is 10.5 Å². The third-order valence-electron chi connectivity index (χ3n) is 3.33. The van der Waals surface area contributed by atoms with Gasteiger partial charge in [0.15, 0.2) is 0 Å². The minimum Gasteiger partial charge on any atom is -0.457 e. The minimum atomic E-state index is -0.705. The Morgan fingerprint density at radius 1 is 1.25 bits per heavy atom. The topological polar surface area (TPSA) is 84.6 Å². The van der Waals surface area contributed by atoms with Crippen LogP contribution in [0.3, 0.4) is 0 Å². The molecule has 24 heavy (non-hydrogen) atoms. The van der Waals surface area contributed by atoms with Crippen LogP contribution in [0.2, 0.25) is 0 Å². The van der Waals surface area contributed by atoms with Crippen molar-refractivity contribution in [2.45, 2.75) is 19.4 Å². The summed E-state index contributed by atoms with van der Waals surface area (Å²) in [5.41, 5.74) is 6.47. The molecule has 6 heteroatoms. The lowest BCUT2D eigenvalue weighted by Gasteiger charge is -2.10. The van der Waals surface area contributed by atoms with Gasteiger partial charge in [-0.2, -0.15) is 0 Å². The fourth-order valence-electron chi connectivity index (χ4n) is 2.10. The zero-order chi connectivity index (χ0) is 17.5. The highest BCUT2D eigenvalue weighted by molar-refractivity contribution is 5.94. The van der Waals surface area contributed by atoms with Crippen molar-refractivity contribution in [2.75, 3.05) is 13.1 Å². The monoisotopic (exact) mass is 332 g/mol. The second-order valence-corrected chi connectivity index (χ2v) is 5.49. The van der Waals surface area contributed by atoms with E-state index in [1.54, 1.807) is 12.1 Å². The van der Waals surface area contributed by atoms with Crippen molar-refractivity contribution < 1.29 is 19.0 Å². The Labute approximate surface area is 140 Å². The molecule has 0 spiro atoms. The van der Waals surface area contributed by atoms with Crippen molar-refractivity contribution in [1.82, 2.24) is 5.32 Å². The van der Waals surface area contributed by atoms with Gasteiger partial charge < -0.3 is 20.9 Å². The summed E-state index contributed by atoms with van der Waals surface area (Å²) in [4.78, 5) is 12.0. The number of carbonyl (C=O) groups excluding carboxylic acids is 1. The highest BCUT2D eigenvalue weighted by atomic mass is 19.1. The van der Waals surface area contributed by atoms with Gasteiger partial charge in [-0.05, 0) is 55.8 Å². The van der Waals surface area contributed by atoms with Gasteiger partial charge in [0, 0.05) is 6.54 Å². The zero-order valence-corrected chi connectivity index (χ0v) is 13.5. The second kappa shape index (κ2) is 8.42. The van der Waals surface area contributed by atoms with Crippen LogP contribution in [0.4, 0.5) is 4.39 Å². The smallest absolute Gasteiger partial charge is 0.254 e. The number of nitrogens with one attached hydrogen (secondary N) is 1. The standard InChI is InChI=1S/C18H21FN2O3/c1-12(22)11-21-18(23)16-10-15(6-7-17(16)19)24-14-4-2-13(3-5-14)8-9-20/h2-7,10,12,22H,8-9,11,20H2,1H3,(H,21,23). The van der Waals surface area contributed by atoms with Crippen LogP contribution in [0.1, 0.15) is 22.8 Å². The van der Waals surface area contributed by atoms with Gasteiger partial charge in [0.1, 0.15) is 17.3 Å². The molecule has 128 valence electrons. The number of carbonyl (C=O) groups is 1. The number of nitrogens with two attached hydrogens (primary N) is 1. The molecule has 1 amide bonds. The lowest BCUT2D eigenvalue weighted by molar-refractivity contribution is 0.0919. The Balaban J connectivity index is 2.11. The summed E-state index contributed by atoms with van der Waals surface area (Å²) >= 11 is 0. The first-order chi connectivity index (χ1) is 11.5. The SMILES string of the molecule is CC(O)CNC(=O)c1cc(Oc2ccc(CCN)cc2)ccc1F. The van der Waals surface area contributed by atoms with Gasteiger partial charge in [-0.3, -0.25) is 4.79 Å². The maximum Gasteiger partial charge on any atom is 0.254 e. The summed E-state index contributed by atoms with van der Waals surface area (Å²) < 4.78 is 19.5. The van der Waals surface area contributed by atoms with E-state index in [1.807, 2.05) is 12.1 Å². The van der Waals surface area contributed by atoms with Crippen LogP contribution in [0.25, 0.3) is 0 Å². The molecule has 1 unspecified atom stereocenters. The van der Waals surface area contributed by atoms with E-state index in [-0.39, 0.29) is 12.1 Å². The fourth-order valence-corrected chi connectivity index (χ4v) is 2.10. The van der Waals surface area contributed by atoms with Crippen molar-refractivity contribution >= 4 is 5.91 Å². The summed E-state index contributed by atoms with van der Waals surface area (Å²) in [5.74, 6) is -0.316. The zero-order valence-electron chi connectivity index (χ0n) is 13.5. The number of benzene rings is 2. The number of hydrogen-bond donors (Lipinski definition) is 3. The van der Waals surface area contributed by atoms with Gasteiger partial charge >= 0.3 is 0 Å². The van der Waals surface area contributed by atoms with E-state index in [0.29, 0.717) is 18.0 Å². The Bertz CT molecular complexity index is 687. The molecule has 0 saturated carbocycles. The normalized spacial score (nSPS) is 11.8. The number of amides is 1. The van der Waals surface area contributed by atoms with Crippen LogP contribution in [-0.4, -0.2) is 30.2 Å². The summed E-state index contributed by atoms with van der Waals surface area (Å²) in [7, 11) is 0. The maximum atomic E-state index is 13.8. The molecule has 0 aromatic heterocycles. The minimum absolute atomic E-state index is 0.0476. The van der Waals surface area contributed by atoms with Gasteiger partial charge in [0.2, 0.25) is 0 Å². The maximum absolute atomic E-state index is 13.8. The average Bonchev–Trinajstić information content (AvgIpc) is 2.56. The van der Waals surface area contributed by atoms with Crippen molar-refractivity contribution in [3.8, 4) is 11.5 Å². The molecule has 4 N–H and O–H groups in total. The molecule has 2 aromatic rings. The van der Waals surface area contributed by atoms with Crippen molar-refractivity contribution in [3.05, 3.63) is 59.4 Å². The molecule has 0 radical (unpaired) electrons. The molecule has 0 heterocycles. The van der Waals surface area contributed by atoms with E-state index in [2.05, 4.69) is 5.32 Å². The predicted octanol–water partition coefficient (Wildman–Crippen LogP) is 2.23. The molecule has 0 bridgehead atoms. The van der Waals surface area contributed by atoms with E-state index in [1.165, 1.54) is 25.1 Å². The van der Waals surface area contributed by atoms with Gasteiger partial charge in [-0.25, -0.2) is 4.39 Å². The predicted molar refractivity (Wildman–Crippen MR) is 89.7 cm³/mol. The first-order valence-corrected chi connectivity index (χ1v) is 7.72. The second-order valence-electron chi connectivity index (χ2n) is 5.49. The van der Waals surface area contributed by atoms with Crippen LogP contribution in [0.15, 0.2) is 42.5 Å². The van der Waals surface area contributed by atoms with Crippen LogP contribution < -0.4 is 15.8 Å². The van der Waals surface area contributed by atoms with Gasteiger partial charge in [0.05, 0.1) is 11.7 Å². The molecule has 0 aliphatic heterocycles. The number of hydrogen-bond acceptors (Lipinski definition) is 4. The number of ether oxygens (including phenoxy) is 1. The molecule has 0 saturated heterocycles. The van der Waals surface area contributed by atoms with Crippen LogP contribution in [0, 0.1) is 5.82 Å². The van der Waals surface area contributed by atoms with E-state index in [0.717, 1.165) is 12.0 Å². The Morgan fingerprint density at radius 3 is 2.54 bits per heavy atom. The van der Waals surface area contributed by atoms with E-state index in [9.17, 15) is 14.3 Å². The van der Waals surface area contributed by atoms with Gasteiger partial charge in [-0.15, -0.1) is 0 Å². The lowest BCUT2D eigenvalue weighted by atomic mass is 10.1. The molecular formula is C18H21FN2O3. The Morgan fingerprint density at radius 2 is 1.92 bits per heavy atom. The summed E-state index contributed by atoms with van der Waals surface area (Å²) in [5, 5.41) is 11.6. The molecule has 0 aliphatic carbocycles. The highest BCUT2D eigenvalue weighted by Crippen LogP contribution is 2.24. The number of halogens is 1. The lowest BCUT2D eigenvalue weighted by Crippen LogP contribution is -2.31. The Kier molecular flexibility index (Phi) is 6.28. The van der Waals surface area contributed by atoms with Crippen LogP contribution in [0.5, 0.6) is 11.5 Å². The van der Waals surface area contributed by atoms with E-state index < -0.39 is 17.8 Å². The first-order valence-electron chi connectivity index (χ1n) is 7.72. The fraction of sp³-hybridized carbons (Fsp3) is 0.278. The molecule has 2 aromatic carbocycles. The van der Waals surface area contributed by atoms with Crippen LogP contribution in [-0.2, 0) is 6.42 Å². The van der Waals surface area contributed by atoms with Crippen molar-refractivity contribution in [1.29, 1.82) is 0 Å². The molecule has 1 atom stereocenters. The largest absolute Gasteiger partial charge is 0.457 e. The third kappa shape index (κ3) is 5.04. The van der Waals surface area contributed by atoms with Gasteiger partial charge in [-0.1, -0.05) is 12.1 Å². The third-order valence-corrected chi connectivity index (χ3v) is 3.33. The van der Waals surface area contributed by atoms with Crippen molar-refractivity contribution in [3.63, 3.8) is 0 Å². The average molecular weight is 332 g/mol. The van der Waals surface area contributed by atoms with Crippen LogP contribution >= 0.6 is 0 Å². The molecular weight excluding hydrogens is 311 g/mol. The summed E-state index contributed by atoms with van der Waals surface area (Å²) in [6, 6.07) is 11.4. The van der Waals surface area contributed by atoms with Crippen molar-refractivity contribution in [2.24, 2.45) is 5.73 Å². The number of rotatable bonds is 7. The highest BCUT2D eigenvalue weighted by Gasteiger charge is 2.14. The number of aliphatic hydroxyl groups is 1. The summed E-state index contributed by atoms with van der Waals surface area (Å²) in [6.07, 6.45) is 0.0771. The quantitative estimate of drug-likeness (QED) is 0.726. The Hall–Kier alpha value is -2.44. The molecule has 5 nitrogen and oxygen atoms in total. The molecule has 0 fully saturated rings. The first kappa shape index (κ1) is 17.9. The molecule has 0 aliphatic rings. The molecule has 2 rings (SSSR count). The van der Waals surface area contributed by atoms with Gasteiger partial charge in [0.25, 0.3) is 5.91 Å². The number of aliphatic hydroxyl groups excluding tert-OH is 1. The summed E-state index contributed by atoms with van der Waals surface area (Å²) in [6.45, 7) is 2.15. The van der Waals surface area contributed by atoms with E-state index >= 15 is 0 Å².